The normalized spacial score (nSPS) is 15.0. The molecule has 0 spiro atoms. The van der Waals surface area contributed by atoms with Gasteiger partial charge in [-0.25, -0.2) is 22.3 Å². The Bertz CT molecular complexity index is 1410. The summed E-state index contributed by atoms with van der Waals surface area (Å²) < 4.78 is 43.8. The van der Waals surface area contributed by atoms with Crippen molar-refractivity contribution < 1.29 is 17.6 Å². The number of aromatic nitrogens is 2. The van der Waals surface area contributed by atoms with Gasteiger partial charge in [-0.2, -0.15) is 5.10 Å². The Morgan fingerprint density at radius 3 is 2.69 bits per heavy atom. The lowest BCUT2D eigenvalue weighted by molar-refractivity contribution is 0.246. The highest BCUT2D eigenvalue weighted by Gasteiger charge is 2.25. The predicted molar refractivity (Wildman–Crippen MR) is 136 cm³/mol. The van der Waals surface area contributed by atoms with Gasteiger partial charge in [0, 0.05) is 20.5 Å². The molecule has 2 N–H and O–H groups in total. The van der Waals surface area contributed by atoms with Crippen molar-refractivity contribution in [3.05, 3.63) is 73.6 Å². The summed E-state index contributed by atoms with van der Waals surface area (Å²) in [5.74, 6) is -0.551. The SMILES string of the molecule is Cc1cc(S(=O)(=O)NC(=O)NCC(F)=C2CCCc3cnn(Cc4ccc(Cl)cc4Cl)c32)sc1C. The summed E-state index contributed by atoms with van der Waals surface area (Å²) in [5.41, 5.74) is 3.59. The minimum atomic E-state index is -4.04. The first-order valence-corrected chi connectivity index (χ1v) is 13.8. The molecular formula is C23H23Cl2FN4O3S2. The van der Waals surface area contributed by atoms with E-state index in [9.17, 15) is 13.2 Å². The first-order chi connectivity index (χ1) is 16.5. The van der Waals surface area contributed by atoms with Crippen LogP contribution in [0.4, 0.5) is 9.18 Å². The minimum Gasteiger partial charge on any atom is -0.331 e. The molecule has 12 heteroatoms. The van der Waals surface area contributed by atoms with Crippen molar-refractivity contribution >= 4 is 56.2 Å². The van der Waals surface area contributed by atoms with Crippen LogP contribution in [0.1, 0.15) is 40.1 Å². The highest BCUT2D eigenvalue weighted by Crippen LogP contribution is 2.34. The average molecular weight is 558 g/mol. The number of nitrogens with one attached hydrogen (secondary N) is 2. The van der Waals surface area contributed by atoms with Crippen LogP contribution in [0.5, 0.6) is 0 Å². The fourth-order valence-electron chi connectivity index (χ4n) is 3.87. The Balaban J connectivity index is 1.50. The molecule has 1 aliphatic rings. The lowest BCUT2D eigenvalue weighted by atomic mass is 9.92. The molecule has 0 unspecified atom stereocenters. The van der Waals surface area contributed by atoms with Crippen molar-refractivity contribution in [3.8, 4) is 0 Å². The number of benzene rings is 1. The van der Waals surface area contributed by atoms with E-state index >= 15 is 4.39 Å². The van der Waals surface area contributed by atoms with Crippen LogP contribution in [0.25, 0.3) is 5.57 Å². The molecule has 1 aliphatic carbocycles. The summed E-state index contributed by atoms with van der Waals surface area (Å²) in [4.78, 5) is 13.1. The van der Waals surface area contributed by atoms with Crippen LogP contribution < -0.4 is 10.0 Å². The van der Waals surface area contributed by atoms with Gasteiger partial charge in [0.05, 0.1) is 25.0 Å². The molecule has 0 radical (unpaired) electrons. The van der Waals surface area contributed by atoms with E-state index in [0.717, 1.165) is 45.7 Å². The molecular weight excluding hydrogens is 534 g/mol. The molecule has 186 valence electrons. The third-order valence-electron chi connectivity index (χ3n) is 5.78. The van der Waals surface area contributed by atoms with Gasteiger partial charge >= 0.3 is 6.03 Å². The first-order valence-electron chi connectivity index (χ1n) is 10.8. The average Bonchev–Trinajstić information content (AvgIpc) is 3.37. The molecule has 3 aromatic rings. The van der Waals surface area contributed by atoms with E-state index in [2.05, 4.69) is 10.4 Å². The highest BCUT2D eigenvalue weighted by molar-refractivity contribution is 7.92. The Labute approximate surface area is 217 Å². The fourth-order valence-corrected chi connectivity index (χ4v) is 6.78. The van der Waals surface area contributed by atoms with Crippen LogP contribution in [-0.2, 0) is 23.0 Å². The standard InChI is InChI=1S/C23H23Cl2FN4O3S2/c1-13-8-21(34-14(13)2)35(32,33)29-23(31)27-11-20(26)18-5-3-4-15-10-28-30(22(15)18)12-16-6-7-17(24)9-19(16)25/h6-10H,3-5,11-12H2,1-2H3,(H2,27,29,31). The number of sulfonamides is 1. The third kappa shape index (κ3) is 5.72. The third-order valence-corrected chi connectivity index (χ3v) is 9.32. The second kappa shape index (κ2) is 10.3. The lowest BCUT2D eigenvalue weighted by Crippen LogP contribution is -2.39. The van der Waals surface area contributed by atoms with Crippen molar-refractivity contribution in [2.24, 2.45) is 0 Å². The van der Waals surface area contributed by atoms with Gasteiger partial charge in [-0.3, -0.25) is 4.68 Å². The van der Waals surface area contributed by atoms with E-state index < -0.39 is 28.4 Å². The van der Waals surface area contributed by atoms with Gasteiger partial charge in [0.25, 0.3) is 10.0 Å². The van der Waals surface area contributed by atoms with E-state index in [4.69, 9.17) is 23.2 Å². The molecule has 0 saturated carbocycles. The van der Waals surface area contributed by atoms with E-state index in [1.54, 1.807) is 42.9 Å². The molecule has 1 aromatic carbocycles. The van der Waals surface area contributed by atoms with Crippen molar-refractivity contribution in [3.63, 3.8) is 0 Å². The van der Waals surface area contributed by atoms with Crippen LogP contribution in [0, 0.1) is 13.8 Å². The molecule has 35 heavy (non-hydrogen) atoms. The molecule has 0 aliphatic heterocycles. The van der Waals surface area contributed by atoms with Crippen molar-refractivity contribution in [1.29, 1.82) is 0 Å². The smallest absolute Gasteiger partial charge is 0.329 e. The van der Waals surface area contributed by atoms with Crippen LogP contribution >= 0.6 is 34.5 Å². The van der Waals surface area contributed by atoms with E-state index in [-0.39, 0.29) is 4.21 Å². The highest BCUT2D eigenvalue weighted by atomic mass is 35.5. The molecule has 2 heterocycles. The number of amides is 2. The number of fused-ring (bicyclic) bond motifs is 1. The Morgan fingerprint density at radius 2 is 2.00 bits per heavy atom. The Hall–Kier alpha value is -2.40. The Kier molecular flexibility index (Phi) is 7.56. The van der Waals surface area contributed by atoms with Crippen molar-refractivity contribution in [2.75, 3.05) is 6.54 Å². The topological polar surface area (TPSA) is 93.1 Å². The van der Waals surface area contributed by atoms with Gasteiger partial charge in [0.15, 0.2) is 0 Å². The number of rotatable bonds is 6. The maximum absolute atomic E-state index is 15.3. The second-order valence-electron chi connectivity index (χ2n) is 8.24. The van der Waals surface area contributed by atoms with Crippen LogP contribution in [-0.4, -0.2) is 30.8 Å². The molecule has 2 aromatic heterocycles. The molecule has 0 bridgehead atoms. The summed E-state index contributed by atoms with van der Waals surface area (Å²) in [6.07, 6.45) is 3.67. The number of hydrogen-bond donors (Lipinski definition) is 2. The maximum Gasteiger partial charge on any atom is 0.329 e. The van der Waals surface area contributed by atoms with E-state index in [1.165, 1.54) is 6.07 Å². The first kappa shape index (κ1) is 25.7. The number of carbonyl (C=O) groups is 1. The lowest BCUT2D eigenvalue weighted by Gasteiger charge is -2.19. The number of nitrogens with zero attached hydrogens (tertiary/aromatic N) is 2. The molecule has 0 atom stereocenters. The van der Waals surface area contributed by atoms with Gasteiger partial charge in [0.1, 0.15) is 10.0 Å². The summed E-state index contributed by atoms with van der Waals surface area (Å²) in [6.45, 7) is 3.46. The van der Waals surface area contributed by atoms with Gasteiger partial charge in [0.2, 0.25) is 0 Å². The molecule has 4 rings (SSSR count). The molecule has 0 fully saturated rings. The zero-order valence-corrected chi connectivity index (χ0v) is 22.1. The van der Waals surface area contributed by atoms with Crippen molar-refractivity contribution in [2.45, 2.75) is 43.9 Å². The molecule has 2 amide bonds. The second-order valence-corrected chi connectivity index (χ2v) is 12.3. The van der Waals surface area contributed by atoms with E-state index in [1.807, 2.05) is 4.72 Å². The monoisotopic (exact) mass is 556 g/mol. The zero-order valence-electron chi connectivity index (χ0n) is 19.0. The van der Waals surface area contributed by atoms with Crippen LogP contribution in [0.3, 0.4) is 0 Å². The van der Waals surface area contributed by atoms with Gasteiger partial charge in [-0.1, -0.05) is 29.3 Å². The van der Waals surface area contributed by atoms with E-state index in [0.29, 0.717) is 34.3 Å². The van der Waals surface area contributed by atoms with Gasteiger partial charge < -0.3 is 5.32 Å². The van der Waals surface area contributed by atoms with Crippen LogP contribution in [0.2, 0.25) is 10.0 Å². The number of thiophene rings is 1. The van der Waals surface area contributed by atoms with Gasteiger partial charge in [-0.15, -0.1) is 11.3 Å². The summed E-state index contributed by atoms with van der Waals surface area (Å²) >= 11 is 13.4. The number of hydrogen-bond acceptors (Lipinski definition) is 5. The Morgan fingerprint density at radius 1 is 1.23 bits per heavy atom. The number of carbonyl (C=O) groups excluding carboxylic acids is 1. The van der Waals surface area contributed by atoms with Gasteiger partial charge in [-0.05, 0) is 68.0 Å². The number of allylic oxidation sites excluding steroid dienone is 1. The molecule has 0 saturated heterocycles. The van der Waals surface area contributed by atoms with Crippen LogP contribution in [0.15, 0.2) is 40.5 Å². The number of aryl methyl sites for hydroxylation is 3. The minimum absolute atomic E-state index is 0.0307. The number of urea groups is 1. The largest absolute Gasteiger partial charge is 0.331 e. The maximum atomic E-state index is 15.3. The molecule has 7 nitrogen and oxygen atoms in total. The van der Waals surface area contributed by atoms with Crippen molar-refractivity contribution in [1.82, 2.24) is 19.8 Å². The summed E-state index contributed by atoms with van der Waals surface area (Å²) in [7, 11) is -4.04. The summed E-state index contributed by atoms with van der Waals surface area (Å²) in [5, 5.41) is 7.74. The predicted octanol–water partition coefficient (Wildman–Crippen LogP) is 5.62. The summed E-state index contributed by atoms with van der Waals surface area (Å²) in [6, 6.07) is 5.66. The fraction of sp³-hybridized carbons (Fsp3) is 0.304. The zero-order chi connectivity index (χ0) is 25.3. The number of halogens is 3. The quantitative estimate of drug-likeness (QED) is 0.412.